The van der Waals surface area contributed by atoms with E-state index < -0.39 is 0 Å². The minimum absolute atomic E-state index is 0.817. The molecular weight excluding hydrogens is 386 g/mol. The van der Waals surface area contributed by atoms with Gasteiger partial charge in [-0.25, -0.2) is 0 Å². The summed E-state index contributed by atoms with van der Waals surface area (Å²) in [5.41, 5.74) is 3.05. The van der Waals surface area contributed by atoms with Crippen molar-refractivity contribution in [2.24, 2.45) is 17.8 Å². The maximum Gasteiger partial charge on any atom is 0.0912 e. The Bertz CT molecular complexity index is 719. The number of allylic oxidation sites excluding steroid dienone is 4. The van der Waals surface area contributed by atoms with E-state index in [2.05, 4.69) is 37.3 Å². The summed E-state index contributed by atoms with van der Waals surface area (Å²) in [6, 6.07) is 11.5. The lowest BCUT2D eigenvalue weighted by Crippen LogP contribution is -2.15. The molecule has 2 aliphatic carbocycles. The number of nitrogens with zero attached hydrogens (tertiary/aromatic N) is 1. The molecule has 0 unspecified atom stereocenters. The van der Waals surface area contributed by atoms with Crippen LogP contribution in [0.15, 0.2) is 48.6 Å². The lowest BCUT2D eigenvalue weighted by Gasteiger charge is -2.30. The predicted octanol–water partition coefficient (Wildman–Crippen LogP) is 9.31. The number of nitriles is 1. The number of hydrogen-bond donors (Lipinski definition) is 0. The monoisotopic (exact) mass is 431 g/mol. The Morgan fingerprint density at radius 3 is 1.91 bits per heavy atom. The smallest absolute Gasteiger partial charge is 0.0912 e. The average molecular weight is 432 g/mol. The van der Waals surface area contributed by atoms with Crippen molar-refractivity contribution in [2.75, 3.05) is 0 Å². The van der Waals surface area contributed by atoms with Crippen LogP contribution in [0, 0.1) is 29.1 Å². The van der Waals surface area contributed by atoms with Crippen LogP contribution in [-0.4, -0.2) is 0 Å². The summed E-state index contributed by atoms with van der Waals surface area (Å²) in [5.74, 6) is 3.75. The first-order valence-electron chi connectivity index (χ1n) is 13.6. The first-order valence-corrected chi connectivity index (χ1v) is 13.6. The fourth-order valence-electron chi connectivity index (χ4n) is 6.09. The first-order chi connectivity index (χ1) is 15.8. The highest BCUT2D eigenvalue weighted by Gasteiger charge is 2.23. The normalized spacial score (nSPS) is 26.5. The Labute approximate surface area is 198 Å². The topological polar surface area (TPSA) is 23.8 Å². The molecule has 0 spiro atoms. The third kappa shape index (κ3) is 8.61. The molecule has 1 heteroatoms. The lowest BCUT2D eigenvalue weighted by molar-refractivity contribution is 0.244. The molecule has 0 atom stereocenters. The highest BCUT2D eigenvalue weighted by Crippen LogP contribution is 2.38. The van der Waals surface area contributed by atoms with Crippen molar-refractivity contribution in [3.05, 3.63) is 59.7 Å². The molecule has 0 N–H and O–H groups in total. The van der Waals surface area contributed by atoms with Gasteiger partial charge in [-0.2, -0.15) is 5.26 Å². The first kappa shape index (κ1) is 24.8. The molecule has 0 heterocycles. The summed E-state index contributed by atoms with van der Waals surface area (Å²) in [6.45, 7) is 2.24. The molecule has 0 bridgehead atoms. The summed E-state index contributed by atoms with van der Waals surface area (Å²) < 4.78 is 0. The molecule has 1 aromatic carbocycles. The standard InChI is InChI=1S/C31H45N/c1-2-26-17-21-30(22-18-26)31-23-19-29(20-24-31)12-8-7-11-28-15-13-27(14-16-28)10-6-4-3-5-9-25-32/h3-5,9,17-18,21-22,27-29,31H,2,6-8,10-16,19-20,23-24H2,1H3/t27-,28-,29-,31-. The molecule has 0 amide bonds. The van der Waals surface area contributed by atoms with E-state index in [1.807, 2.05) is 18.2 Å². The van der Waals surface area contributed by atoms with E-state index in [0.29, 0.717) is 0 Å². The van der Waals surface area contributed by atoms with Gasteiger partial charge < -0.3 is 0 Å². The summed E-state index contributed by atoms with van der Waals surface area (Å²) in [5, 5.41) is 8.49. The molecule has 174 valence electrons. The van der Waals surface area contributed by atoms with Crippen LogP contribution in [0.4, 0.5) is 0 Å². The third-order valence-corrected chi connectivity index (χ3v) is 8.31. The Kier molecular flexibility index (Phi) is 11.1. The lowest BCUT2D eigenvalue weighted by atomic mass is 9.76. The van der Waals surface area contributed by atoms with Gasteiger partial charge in [-0.15, -0.1) is 0 Å². The SMILES string of the molecule is CCc1ccc([C@H]2CC[C@H](CCCC[C@H]3CC[C@H](CCC=CC=CC#N)CC3)CC2)cc1. The second kappa shape index (κ2) is 14.4. The van der Waals surface area contributed by atoms with Gasteiger partial charge >= 0.3 is 0 Å². The van der Waals surface area contributed by atoms with E-state index in [1.54, 1.807) is 11.6 Å². The maximum absolute atomic E-state index is 8.49. The van der Waals surface area contributed by atoms with Crippen LogP contribution < -0.4 is 0 Å². The van der Waals surface area contributed by atoms with Gasteiger partial charge in [0.25, 0.3) is 0 Å². The van der Waals surface area contributed by atoms with Crippen molar-refractivity contribution in [2.45, 2.75) is 109 Å². The molecule has 1 aromatic rings. The Morgan fingerprint density at radius 1 is 0.781 bits per heavy atom. The molecular formula is C31H45N. The van der Waals surface area contributed by atoms with Crippen LogP contribution in [0.2, 0.25) is 0 Å². The fraction of sp³-hybridized carbons (Fsp3) is 0.645. The molecule has 2 fully saturated rings. The van der Waals surface area contributed by atoms with Crippen molar-refractivity contribution in [3.8, 4) is 6.07 Å². The van der Waals surface area contributed by atoms with E-state index in [-0.39, 0.29) is 0 Å². The van der Waals surface area contributed by atoms with Gasteiger partial charge in [0.2, 0.25) is 0 Å². The highest BCUT2D eigenvalue weighted by molar-refractivity contribution is 5.25. The minimum atomic E-state index is 0.817. The fourth-order valence-corrected chi connectivity index (χ4v) is 6.09. The Morgan fingerprint density at radius 2 is 1.34 bits per heavy atom. The van der Waals surface area contributed by atoms with Crippen molar-refractivity contribution in [1.29, 1.82) is 5.26 Å². The number of rotatable bonds is 11. The zero-order valence-corrected chi connectivity index (χ0v) is 20.5. The predicted molar refractivity (Wildman–Crippen MR) is 138 cm³/mol. The molecule has 0 radical (unpaired) electrons. The molecule has 0 aromatic heterocycles. The Balaban J connectivity index is 1.21. The Hall–Kier alpha value is -1.81. The van der Waals surface area contributed by atoms with Crippen molar-refractivity contribution in [3.63, 3.8) is 0 Å². The second-order valence-corrected chi connectivity index (χ2v) is 10.5. The van der Waals surface area contributed by atoms with Gasteiger partial charge in [-0.05, 0) is 79.7 Å². The summed E-state index contributed by atoms with van der Waals surface area (Å²) in [6.07, 6.45) is 28.7. The molecule has 3 rings (SSSR count). The number of aryl methyl sites for hydroxylation is 1. The molecule has 32 heavy (non-hydrogen) atoms. The van der Waals surface area contributed by atoms with Gasteiger partial charge in [0.15, 0.2) is 0 Å². The summed E-state index contributed by atoms with van der Waals surface area (Å²) in [7, 11) is 0. The van der Waals surface area contributed by atoms with Crippen LogP contribution in [0.25, 0.3) is 0 Å². The van der Waals surface area contributed by atoms with Gasteiger partial charge in [0.1, 0.15) is 0 Å². The molecule has 2 aliphatic rings. The summed E-state index contributed by atoms with van der Waals surface area (Å²) in [4.78, 5) is 0. The van der Waals surface area contributed by atoms with Crippen LogP contribution in [0.5, 0.6) is 0 Å². The van der Waals surface area contributed by atoms with Gasteiger partial charge in [-0.1, -0.05) is 101 Å². The quantitative estimate of drug-likeness (QED) is 0.194. The molecule has 1 nitrogen and oxygen atoms in total. The highest BCUT2D eigenvalue weighted by atomic mass is 14.3. The molecule has 2 saturated carbocycles. The van der Waals surface area contributed by atoms with Crippen molar-refractivity contribution < 1.29 is 0 Å². The second-order valence-electron chi connectivity index (χ2n) is 10.5. The average Bonchev–Trinajstić information content (AvgIpc) is 2.85. The largest absolute Gasteiger partial charge is 0.193 e. The van der Waals surface area contributed by atoms with E-state index in [1.165, 1.54) is 89.0 Å². The van der Waals surface area contributed by atoms with Gasteiger partial charge in [-0.3, -0.25) is 0 Å². The molecule has 0 saturated heterocycles. The van der Waals surface area contributed by atoms with Crippen LogP contribution in [-0.2, 0) is 6.42 Å². The third-order valence-electron chi connectivity index (χ3n) is 8.31. The number of benzene rings is 1. The molecule has 0 aliphatic heterocycles. The maximum atomic E-state index is 8.49. The van der Waals surface area contributed by atoms with E-state index in [4.69, 9.17) is 5.26 Å². The number of unbranched alkanes of at least 4 members (excludes halogenated alkanes) is 1. The van der Waals surface area contributed by atoms with Crippen LogP contribution in [0.1, 0.15) is 114 Å². The zero-order chi connectivity index (χ0) is 22.4. The van der Waals surface area contributed by atoms with Crippen LogP contribution in [0.3, 0.4) is 0 Å². The van der Waals surface area contributed by atoms with E-state index in [0.717, 1.165) is 36.5 Å². The number of hydrogen-bond acceptors (Lipinski definition) is 1. The minimum Gasteiger partial charge on any atom is -0.193 e. The van der Waals surface area contributed by atoms with Crippen molar-refractivity contribution in [1.82, 2.24) is 0 Å². The van der Waals surface area contributed by atoms with Gasteiger partial charge in [0, 0.05) is 6.08 Å². The van der Waals surface area contributed by atoms with Crippen LogP contribution >= 0.6 is 0 Å². The van der Waals surface area contributed by atoms with E-state index in [9.17, 15) is 0 Å². The van der Waals surface area contributed by atoms with Gasteiger partial charge in [0.05, 0.1) is 6.07 Å². The zero-order valence-electron chi connectivity index (χ0n) is 20.5. The van der Waals surface area contributed by atoms with E-state index >= 15 is 0 Å². The van der Waals surface area contributed by atoms with Crippen molar-refractivity contribution >= 4 is 0 Å². The summed E-state index contributed by atoms with van der Waals surface area (Å²) >= 11 is 0.